The minimum Gasteiger partial charge on any atom is -0.482 e. The molecule has 1 atom stereocenters. The Labute approximate surface area is 112 Å². The summed E-state index contributed by atoms with van der Waals surface area (Å²) in [6.07, 6.45) is 0. The van der Waals surface area contributed by atoms with Crippen molar-refractivity contribution in [3.63, 3.8) is 0 Å². The van der Waals surface area contributed by atoms with Crippen LogP contribution in [0.2, 0.25) is 0 Å². The Bertz CT molecular complexity index is 535. The van der Waals surface area contributed by atoms with Gasteiger partial charge in [-0.3, -0.25) is 30.3 Å². The Kier molecular flexibility index (Phi) is 4.51. The molecule has 0 spiro atoms. The lowest BCUT2D eigenvalue weighted by atomic mass is 10.2. The van der Waals surface area contributed by atoms with Crippen molar-refractivity contribution in [2.45, 2.75) is 6.92 Å². The quantitative estimate of drug-likeness (QED) is 0.576. The smallest absolute Gasteiger partial charge is 0.325 e. The van der Waals surface area contributed by atoms with E-state index in [1.807, 2.05) is 0 Å². The highest BCUT2D eigenvalue weighted by atomic mass is 16.6. The summed E-state index contributed by atoms with van der Waals surface area (Å²) in [7, 11) is 0. The van der Waals surface area contributed by atoms with E-state index in [2.05, 4.69) is 6.92 Å². The molecule has 10 heteroatoms. The second-order valence-corrected chi connectivity index (χ2v) is 4.00. The van der Waals surface area contributed by atoms with Crippen molar-refractivity contribution < 1.29 is 19.5 Å². The lowest BCUT2D eigenvalue weighted by molar-refractivity contribution is -0.404. The highest BCUT2D eigenvalue weighted by molar-refractivity contribution is 5.65. The lowest BCUT2D eigenvalue weighted by Crippen LogP contribution is -2.09. The van der Waals surface area contributed by atoms with Crippen LogP contribution >= 0.6 is 0 Å². The number of ether oxygens (including phenoxy) is 1. The van der Waals surface area contributed by atoms with E-state index in [1.165, 1.54) is 0 Å². The summed E-state index contributed by atoms with van der Waals surface area (Å²) in [4.78, 5) is 29.5. The highest BCUT2D eigenvalue weighted by Crippen LogP contribution is 2.40. The van der Waals surface area contributed by atoms with Gasteiger partial charge in [-0.25, -0.2) is 0 Å². The molecule has 10 nitrogen and oxygen atoms in total. The molecule has 0 aliphatic carbocycles. The molecule has 1 unspecified atom stereocenters. The molecule has 107 valence electrons. The SMILES string of the molecule is [CH2]C(C)COc1c([N+](=O)[O-])cc([N+](=O)[O-])cc1[N+](=O)[O-]. The Morgan fingerprint density at radius 2 is 1.55 bits per heavy atom. The number of nitro groups is 3. The number of nitro benzene ring substituents is 3. The van der Waals surface area contributed by atoms with Crippen LogP contribution in [0.1, 0.15) is 6.92 Å². The van der Waals surface area contributed by atoms with Gasteiger partial charge in [0.1, 0.15) is 0 Å². The van der Waals surface area contributed by atoms with Crippen molar-refractivity contribution in [3.8, 4) is 5.75 Å². The van der Waals surface area contributed by atoms with E-state index in [4.69, 9.17) is 4.74 Å². The van der Waals surface area contributed by atoms with Crippen LogP contribution in [0.3, 0.4) is 0 Å². The number of hydrogen-bond donors (Lipinski definition) is 0. The van der Waals surface area contributed by atoms with Gasteiger partial charge < -0.3 is 4.74 Å². The molecular weight excluding hydrogens is 274 g/mol. The van der Waals surface area contributed by atoms with Gasteiger partial charge >= 0.3 is 11.4 Å². The zero-order chi connectivity index (χ0) is 15.4. The number of nitrogens with zero attached hydrogens (tertiary/aromatic N) is 3. The number of rotatable bonds is 6. The Morgan fingerprint density at radius 3 is 1.85 bits per heavy atom. The molecule has 0 saturated heterocycles. The molecule has 0 aliphatic rings. The maximum absolute atomic E-state index is 10.9. The van der Waals surface area contributed by atoms with E-state index >= 15 is 0 Å². The third-order valence-corrected chi connectivity index (χ3v) is 2.15. The Morgan fingerprint density at radius 1 is 1.10 bits per heavy atom. The van der Waals surface area contributed by atoms with Gasteiger partial charge in [-0.1, -0.05) is 6.92 Å². The van der Waals surface area contributed by atoms with Crippen LogP contribution in [0.15, 0.2) is 12.1 Å². The molecule has 0 aliphatic heterocycles. The largest absolute Gasteiger partial charge is 0.482 e. The Balaban J connectivity index is 3.46. The molecule has 0 bridgehead atoms. The predicted molar refractivity (Wildman–Crippen MR) is 66.4 cm³/mol. The molecule has 0 fully saturated rings. The Hall–Kier alpha value is -2.78. The first-order chi connectivity index (χ1) is 9.23. The molecular formula is C10H10N3O7. The van der Waals surface area contributed by atoms with Gasteiger partial charge in [-0.05, 0) is 12.8 Å². The first-order valence-electron chi connectivity index (χ1n) is 5.31. The fourth-order valence-corrected chi connectivity index (χ4v) is 1.33. The maximum Gasteiger partial charge on any atom is 0.325 e. The molecule has 0 aromatic heterocycles. The second-order valence-electron chi connectivity index (χ2n) is 4.00. The first kappa shape index (κ1) is 15.3. The van der Waals surface area contributed by atoms with Gasteiger partial charge in [0.15, 0.2) is 0 Å². The summed E-state index contributed by atoms with van der Waals surface area (Å²) in [6.45, 7) is 5.12. The van der Waals surface area contributed by atoms with Crippen molar-refractivity contribution >= 4 is 17.1 Å². The molecule has 0 saturated carbocycles. The summed E-state index contributed by atoms with van der Waals surface area (Å²) in [5, 5.41) is 32.4. The summed E-state index contributed by atoms with van der Waals surface area (Å²) in [5.74, 6) is -0.884. The van der Waals surface area contributed by atoms with Gasteiger partial charge in [-0.15, -0.1) is 0 Å². The number of non-ortho nitro benzene ring substituents is 1. The van der Waals surface area contributed by atoms with Gasteiger partial charge in [0, 0.05) is 0 Å². The zero-order valence-electron chi connectivity index (χ0n) is 10.3. The topological polar surface area (TPSA) is 139 Å². The number of benzene rings is 1. The van der Waals surface area contributed by atoms with E-state index in [1.54, 1.807) is 6.92 Å². The predicted octanol–water partition coefficient (Wildman–Crippen LogP) is 2.26. The zero-order valence-corrected chi connectivity index (χ0v) is 10.3. The second kappa shape index (κ2) is 5.91. The van der Waals surface area contributed by atoms with Gasteiger partial charge in [-0.2, -0.15) is 0 Å². The van der Waals surface area contributed by atoms with Crippen LogP contribution < -0.4 is 4.74 Å². The van der Waals surface area contributed by atoms with Crippen LogP contribution in [0, 0.1) is 43.2 Å². The molecule has 0 heterocycles. The van der Waals surface area contributed by atoms with E-state index < -0.39 is 37.6 Å². The van der Waals surface area contributed by atoms with Crippen molar-refractivity contribution in [2.75, 3.05) is 6.61 Å². The molecule has 1 aromatic carbocycles. The van der Waals surface area contributed by atoms with Gasteiger partial charge in [0.05, 0.1) is 33.5 Å². The van der Waals surface area contributed by atoms with Crippen LogP contribution in [0.5, 0.6) is 5.75 Å². The molecule has 20 heavy (non-hydrogen) atoms. The minimum atomic E-state index is -0.969. The average molecular weight is 284 g/mol. The van der Waals surface area contributed by atoms with Crippen LogP contribution in [-0.4, -0.2) is 21.4 Å². The van der Waals surface area contributed by atoms with E-state index in [9.17, 15) is 30.3 Å². The summed E-state index contributed by atoms with van der Waals surface area (Å²) in [6, 6.07) is 1.24. The summed E-state index contributed by atoms with van der Waals surface area (Å²) in [5.41, 5.74) is -2.41. The van der Waals surface area contributed by atoms with E-state index in [0.717, 1.165) is 0 Å². The fraction of sp³-hybridized carbons (Fsp3) is 0.300. The third kappa shape index (κ3) is 3.37. The van der Waals surface area contributed by atoms with Crippen molar-refractivity contribution in [3.05, 3.63) is 49.4 Å². The fourth-order valence-electron chi connectivity index (χ4n) is 1.33. The summed E-state index contributed by atoms with van der Waals surface area (Å²) >= 11 is 0. The highest BCUT2D eigenvalue weighted by Gasteiger charge is 2.32. The van der Waals surface area contributed by atoms with Crippen LogP contribution in [-0.2, 0) is 0 Å². The van der Waals surface area contributed by atoms with Crippen molar-refractivity contribution in [1.82, 2.24) is 0 Å². The molecule has 0 N–H and O–H groups in total. The molecule has 1 rings (SSSR count). The molecule has 1 radical (unpaired) electrons. The third-order valence-electron chi connectivity index (χ3n) is 2.15. The normalized spacial score (nSPS) is 10.3. The van der Waals surface area contributed by atoms with Crippen LogP contribution in [0.4, 0.5) is 17.1 Å². The van der Waals surface area contributed by atoms with Gasteiger partial charge in [0.2, 0.25) is 0 Å². The molecule has 1 aromatic rings. The van der Waals surface area contributed by atoms with E-state index in [0.29, 0.717) is 12.1 Å². The lowest BCUT2D eigenvalue weighted by Gasteiger charge is -2.09. The van der Waals surface area contributed by atoms with E-state index in [-0.39, 0.29) is 12.5 Å². The first-order valence-corrected chi connectivity index (χ1v) is 5.31. The van der Waals surface area contributed by atoms with Crippen molar-refractivity contribution in [2.24, 2.45) is 5.92 Å². The maximum atomic E-state index is 10.9. The van der Waals surface area contributed by atoms with Crippen LogP contribution in [0.25, 0.3) is 0 Å². The summed E-state index contributed by atoms with van der Waals surface area (Å²) < 4.78 is 5.02. The van der Waals surface area contributed by atoms with Gasteiger partial charge in [0.25, 0.3) is 11.4 Å². The molecule has 0 amide bonds. The monoisotopic (exact) mass is 284 g/mol. The standard InChI is InChI=1S/C10H10N3O7/c1-6(2)5-20-10-8(12(16)17)3-7(11(14)15)4-9(10)13(18)19/h3-4,6H,1,5H2,2H3. The minimum absolute atomic E-state index is 0.0977. The van der Waals surface area contributed by atoms with Crippen molar-refractivity contribution in [1.29, 1.82) is 0 Å². The number of hydrogen-bond acceptors (Lipinski definition) is 7. The average Bonchev–Trinajstić information content (AvgIpc) is 2.34.